The van der Waals surface area contributed by atoms with Crippen LogP contribution in [0.1, 0.15) is 16.7 Å². The van der Waals surface area contributed by atoms with Crippen LogP contribution in [0, 0.1) is 13.8 Å². The van der Waals surface area contributed by atoms with Crippen LogP contribution >= 0.6 is 0 Å². The molecule has 2 rings (SSSR count). The van der Waals surface area contributed by atoms with Crippen molar-refractivity contribution in [3.63, 3.8) is 0 Å². The fourth-order valence-corrected chi connectivity index (χ4v) is 1.58. The normalized spacial score (nSPS) is 10.1. The predicted octanol–water partition coefficient (Wildman–Crippen LogP) is 3.88. The van der Waals surface area contributed by atoms with Crippen molar-refractivity contribution in [2.75, 3.05) is 0 Å². The lowest BCUT2D eigenvalue weighted by atomic mass is 10.1. The van der Waals surface area contributed by atoms with Gasteiger partial charge in [0.05, 0.1) is 0 Å². The summed E-state index contributed by atoms with van der Waals surface area (Å²) in [4.78, 5) is 0. The van der Waals surface area contributed by atoms with Crippen LogP contribution in [0.3, 0.4) is 0 Å². The molecule has 0 saturated heterocycles. The Hall–Kier alpha value is -1.76. The third kappa shape index (κ3) is 2.63. The number of para-hydroxylation sites is 1. The Bertz CT molecular complexity index is 460. The molecule has 0 aliphatic carbocycles. The number of hydrogen-bond donors (Lipinski definition) is 0. The Kier molecular flexibility index (Phi) is 3.25. The second-order valence-corrected chi connectivity index (χ2v) is 4.02. The first-order chi connectivity index (χ1) is 7.75. The monoisotopic (exact) mass is 212 g/mol. The lowest BCUT2D eigenvalue weighted by Gasteiger charge is -2.07. The summed E-state index contributed by atoms with van der Waals surface area (Å²) in [5, 5.41) is 0. The highest BCUT2D eigenvalue weighted by molar-refractivity contribution is 5.30. The first kappa shape index (κ1) is 10.7. The first-order valence-electron chi connectivity index (χ1n) is 5.50. The Labute approximate surface area is 96.7 Å². The molecule has 0 spiro atoms. The van der Waals surface area contributed by atoms with Gasteiger partial charge in [-0.05, 0) is 42.7 Å². The summed E-state index contributed by atoms with van der Waals surface area (Å²) in [5.74, 6) is 0.917. The summed E-state index contributed by atoms with van der Waals surface area (Å²) in [6.07, 6.45) is 0. The zero-order valence-electron chi connectivity index (χ0n) is 9.73. The van der Waals surface area contributed by atoms with Crippen LogP contribution in [0.2, 0.25) is 0 Å². The van der Waals surface area contributed by atoms with Crippen molar-refractivity contribution >= 4 is 0 Å². The van der Waals surface area contributed by atoms with E-state index in [1.54, 1.807) is 0 Å². The molecule has 1 heteroatoms. The van der Waals surface area contributed by atoms with Gasteiger partial charge >= 0.3 is 0 Å². The molecule has 2 aromatic rings. The molecule has 0 radical (unpaired) electrons. The molecule has 0 aliphatic rings. The van der Waals surface area contributed by atoms with Gasteiger partial charge in [-0.15, -0.1) is 0 Å². The maximum atomic E-state index is 5.69. The topological polar surface area (TPSA) is 9.23 Å². The number of hydrogen-bond acceptors (Lipinski definition) is 1. The van der Waals surface area contributed by atoms with Crippen molar-refractivity contribution in [3.8, 4) is 5.75 Å². The van der Waals surface area contributed by atoms with Crippen LogP contribution in [-0.4, -0.2) is 0 Å². The van der Waals surface area contributed by atoms with Gasteiger partial charge in [0.15, 0.2) is 0 Å². The second-order valence-electron chi connectivity index (χ2n) is 4.02. The Morgan fingerprint density at radius 1 is 0.875 bits per heavy atom. The first-order valence-corrected chi connectivity index (χ1v) is 5.50. The van der Waals surface area contributed by atoms with Gasteiger partial charge in [0.25, 0.3) is 0 Å². The van der Waals surface area contributed by atoms with E-state index in [4.69, 9.17) is 4.74 Å². The van der Waals surface area contributed by atoms with E-state index < -0.39 is 0 Å². The van der Waals surface area contributed by atoms with Crippen LogP contribution in [0.4, 0.5) is 0 Å². The van der Waals surface area contributed by atoms with Crippen LogP contribution in [-0.2, 0) is 6.61 Å². The highest BCUT2D eigenvalue weighted by Gasteiger charge is 1.97. The molecule has 0 aliphatic heterocycles. The van der Waals surface area contributed by atoms with Gasteiger partial charge in [-0.2, -0.15) is 0 Å². The van der Waals surface area contributed by atoms with Gasteiger partial charge in [0.2, 0.25) is 0 Å². The van der Waals surface area contributed by atoms with E-state index in [-0.39, 0.29) is 0 Å². The Morgan fingerprint density at radius 2 is 1.62 bits per heavy atom. The van der Waals surface area contributed by atoms with E-state index in [1.165, 1.54) is 16.7 Å². The highest BCUT2D eigenvalue weighted by atomic mass is 16.5. The summed E-state index contributed by atoms with van der Waals surface area (Å²) in [5.41, 5.74) is 3.85. The molecule has 0 saturated carbocycles. The van der Waals surface area contributed by atoms with E-state index >= 15 is 0 Å². The minimum absolute atomic E-state index is 0.630. The average Bonchev–Trinajstić information content (AvgIpc) is 2.32. The van der Waals surface area contributed by atoms with Gasteiger partial charge < -0.3 is 4.74 Å². The third-order valence-electron chi connectivity index (χ3n) is 2.72. The molecule has 0 bridgehead atoms. The molecule has 0 amide bonds. The van der Waals surface area contributed by atoms with E-state index in [9.17, 15) is 0 Å². The fourth-order valence-electron chi connectivity index (χ4n) is 1.58. The summed E-state index contributed by atoms with van der Waals surface area (Å²) in [6, 6.07) is 16.3. The summed E-state index contributed by atoms with van der Waals surface area (Å²) in [6.45, 7) is 4.88. The van der Waals surface area contributed by atoms with E-state index in [0.29, 0.717) is 6.61 Å². The molecule has 0 unspecified atom stereocenters. The third-order valence-corrected chi connectivity index (χ3v) is 2.72. The van der Waals surface area contributed by atoms with E-state index in [2.05, 4.69) is 32.0 Å². The Morgan fingerprint density at radius 3 is 2.31 bits per heavy atom. The summed E-state index contributed by atoms with van der Waals surface area (Å²) >= 11 is 0. The molecule has 0 N–H and O–H groups in total. The van der Waals surface area contributed by atoms with E-state index in [0.717, 1.165) is 5.75 Å². The van der Waals surface area contributed by atoms with Crippen LogP contribution < -0.4 is 4.74 Å². The molecule has 82 valence electrons. The van der Waals surface area contributed by atoms with Gasteiger partial charge in [-0.3, -0.25) is 0 Å². The smallest absolute Gasteiger partial charge is 0.119 e. The minimum atomic E-state index is 0.630. The van der Waals surface area contributed by atoms with Crippen LogP contribution in [0.5, 0.6) is 5.75 Å². The van der Waals surface area contributed by atoms with Crippen molar-refractivity contribution in [2.24, 2.45) is 0 Å². The largest absolute Gasteiger partial charge is 0.489 e. The van der Waals surface area contributed by atoms with Gasteiger partial charge in [-0.1, -0.05) is 36.4 Å². The van der Waals surface area contributed by atoms with Crippen molar-refractivity contribution in [1.29, 1.82) is 0 Å². The molecular formula is C15H16O. The maximum absolute atomic E-state index is 5.69. The maximum Gasteiger partial charge on any atom is 0.119 e. The molecule has 16 heavy (non-hydrogen) atoms. The van der Waals surface area contributed by atoms with Crippen LogP contribution in [0.15, 0.2) is 48.5 Å². The van der Waals surface area contributed by atoms with E-state index in [1.807, 2.05) is 30.3 Å². The zero-order chi connectivity index (χ0) is 11.4. The number of benzene rings is 2. The fraction of sp³-hybridized carbons (Fsp3) is 0.200. The quantitative estimate of drug-likeness (QED) is 0.750. The standard InChI is InChI=1S/C15H16O/c1-12-8-9-14(10-13(12)2)11-16-15-6-4-3-5-7-15/h3-10H,11H2,1-2H3. The van der Waals surface area contributed by atoms with Gasteiger partial charge in [0, 0.05) is 0 Å². The lowest BCUT2D eigenvalue weighted by Crippen LogP contribution is -1.96. The number of rotatable bonds is 3. The molecule has 1 nitrogen and oxygen atoms in total. The van der Waals surface area contributed by atoms with Gasteiger partial charge in [-0.25, -0.2) is 0 Å². The SMILES string of the molecule is Cc1ccc(COc2ccccc2)cc1C. The summed E-state index contributed by atoms with van der Waals surface area (Å²) in [7, 11) is 0. The van der Waals surface area contributed by atoms with Gasteiger partial charge in [0.1, 0.15) is 12.4 Å². The average molecular weight is 212 g/mol. The zero-order valence-corrected chi connectivity index (χ0v) is 9.73. The number of aryl methyl sites for hydroxylation is 2. The molecule has 0 aromatic heterocycles. The Balaban J connectivity index is 2.03. The van der Waals surface area contributed by atoms with Crippen molar-refractivity contribution < 1.29 is 4.74 Å². The molecule has 2 aromatic carbocycles. The molecular weight excluding hydrogens is 196 g/mol. The molecule has 0 heterocycles. The predicted molar refractivity (Wildman–Crippen MR) is 66.7 cm³/mol. The lowest BCUT2D eigenvalue weighted by molar-refractivity contribution is 0.306. The second kappa shape index (κ2) is 4.84. The molecule has 0 atom stereocenters. The molecule has 0 fully saturated rings. The summed E-state index contributed by atoms with van der Waals surface area (Å²) < 4.78 is 5.69. The highest BCUT2D eigenvalue weighted by Crippen LogP contribution is 2.14. The minimum Gasteiger partial charge on any atom is -0.489 e. The van der Waals surface area contributed by atoms with Crippen molar-refractivity contribution in [3.05, 3.63) is 65.2 Å². The van der Waals surface area contributed by atoms with Crippen molar-refractivity contribution in [1.82, 2.24) is 0 Å². The number of ether oxygens (including phenoxy) is 1. The van der Waals surface area contributed by atoms with Crippen LogP contribution in [0.25, 0.3) is 0 Å². The van der Waals surface area contributed by atoms with Crippen molar-refractivity contribution in [2.45, 2.75) is 20.5 Å².